The summed E-state index contributed by atoms with van der Waals surface area (Å²) in [5, 5.41) is 9.81. The van der Waals surface area contributed by atoms with Crippen molar-refractivity contribution in [3.05, 3.63) is 108 Å². The van der Waals surface area contributed by atoms with E-state index in [-0.39, 0.29) is 17.2 Å². The highest BCUT2D eigenvalue weighted by atomic mass is 32.2. The second kappa shape index (κ2) is 7.89. The van der Waals surface area contributed by atoms with Crippen molar-refractivity contribution in [2.24, 2.45) is 0 Å². The van der Waals surface area contributed by atoms with Gasteiger partial charge in [0.25, 0.3) is 0 Å². The molecule has 0 aromatic heterocycles. The van der Waals surface area contributed by atoms with E-state index in [9.17, 15) is 14.7 Å². The number of carbonyl (C=O) groups excluding carboxylic acids is 1. The molecule has 2 aliphatic heterocycles. The molecule has 0 bridgehead atoms. The van der Waals surface area contributed by atoms with Gasteiger partial charge in [-0.05, 0) is 23.1 Å². The Labute approximate surface area is 185 Å². The van der Waals surface area contributed by atoms with Gasteiger partial charge in [-0.1, -0.05) is 91.0 Å². The maximum Gasteiger partial charge on any atom is 0.327 e. The monoisotopic (exact) mass is 429 g/mol. The van der Waals surface area contributed by atoms with E-state index in [4.69, 9.17) is 0 Å². The molecule has 4 nitrogen and oxygen atoms in total. The van der Waals surface area contributed by atoms with Gasteiger partial charge in [0.05, 0.1) is 4.75 Å². The number of hydrogen-bond donors (Lipinski definition) is 1. The van der Waals surface area contributed by atoms with Gasteiger partial charge in [-0.25, -0.2) is 4.79 Å². The van der Waals surface area contributed by atoms with E-state index in [1.165, 1.54) is 0 Å². The van der Waals surface area contributed by atoms with Gasteiger partial charge in [0, 0.05) is 17.7 Å². The minimum Gasteiger partial charge on any atom is -0.480 e. The van der Waals surface area contributed by atoms with E-state index in [0.29, 0.717) is 12.8 Å². The van der Waals surface area contributed by atoms with E-state index in [0.717, 1.165) is 16.7 Å². The second-order valence-electron chi connectivity index (χ2n) is 8.11. The minimum atomic E-state index is -0.920. The summed E-state index contributed by atoms with van der Waals surface area (Å²) in [5.41, 5.74) is 3.30. The van der Waals surface area contributed by atoms with Crippen LogP contribution in [0.4, 0.5) is 0 Å². The van der Waals surface area contributed by atoms with Gasteiger partial charge in [-0.15, -0.1) is 11.8 Å². The van der Waals surface area contributed by atoms with Crippen molar-refractivity contribution in [2.75, 3.05) is 0 Å². The van der Waals surface area contributed by atoms with Crippen molar-refractivity contribution in [3.63, 3.8) is 0 Å². The van der Waals surface area contributed by atoms with Crippen molar-refractivity contribution in [3.8, 4) is 0 Å². The zero-order valence-corrected chi connectivity index (χ0v) is 17.7. The Hall–Kier alpha value is -3.05. The summed E-state index contributed by atoms with van der Waals surface area (Å²) >= 11 is 1.67. The second-order valence-corrected chi connectivity index (χ2v) is 9.57. The number of β-lactam (4-membered cyclic amide) rings is 1. The molecule has 1 amide bonds. The highest BCUT2D eigenvalue weighted by Crippen LogP contribution is 2.54. The maximum absolute atomic E-state index is 12.2. The fraction of sp³-hybridized carbons (Fsp3) is 0.231. The number of thioether (sulfide) groups is 1. The van der Waals surface area contributed by atoms with Crippen LogP contribution in [0.15, 0.2) is 91.0 Å². The van der Waals surface area contributed by atoms with Crippen LogP contribution in [0.25, 0.3) is 0 Å². The van der Waals surface area contributed by atoms with E-state index < -0.39 is 16.8 Å². The standard InChI is InChI=1S/C26H23NO3S/c28-23-17-21-16-22(24(25(29)30)27(21)23)31-26(18-10-4-1-5-11-18,19-12-6-2-7-13-19)20-14-8-3-9-15-20/h1-15,21-22,24H,16-17H2,(H,29,30). The first-order chi connectivity index (χ1) is 15.1. The van der Waals surface area contributed by atoms with Gasteiger partial charge < -0.3 is 10.0 Å². The Morgan fingerprint density at radius 2 is 1.29 bits per heavy atom. The number of amides is 1. The Kier molecular flexibility index (Phi) is 5.06. The smallest absolute Gasteiger partial charge is 0.327 e. The number of carboxylic acids is 1. The fourth-order valence-corrected chi connectivity index (χ4v) is 6.96. The van der Waals surface area contributed by atoms with Crippen molar-refractivity contribution < 1.29 is 14.7 Å². The normalized spacial score (nSPS) is 22.6. The molecule has 1 N–H and O–H groups in total. The van der Waals surface area contributed by atoms with Gasteiger partial charge in [0.2, 0.25) is 5.91 Å². The average molecular weight is 430 g/mol. The molecule has 2 aliphatic rings. The van der Waals surface area contributed by atoms with E-state index in [1.807, 2.05) is 54.6 Å². The van der Waals surface area contributed by atoms with Crippen LogP contribution in [0.2, 0.25) is 0 Å². The highest BCUT2D eigenvalue weighted by Gasteiger charge is 2.56. The third kappa shape index (κ3) is 3.24. The Morgan fingerprint density at radius 1 is 0.839 bits per heavy atom. The topological polar surface area (TPSA) is 57.6 Å². The predicted molar refractivity (Wildman–Crippen MR) is 122 cm³/mol. The van der Waals surface area contributed by atoms with Gasteiger partial charge in [0.15, 0.2) is 0 Å². The summed E-state index contributed by atoms with van der Waals surface area (Å²) in [4.78, 5) is 26.0. The number of rotatable bonds is 6. The van der Waals surface area contributed by atoms with Crippen LogP contribution in [-0.4, -0.2) is 39.2 Å². The van der Waals surface area contributed by atoms with Crippen LogP contribution in [0.5, 0.6) is 0 Å². The lowest BCUT2D eigenvalue weighted by Gasteiger charge is -2.39. The molecule has 2 saturated heterocycles. The Morgan fingerprint density at radius 3 is 1.68 bits per heavy atom. The van der Waals surface area contributed by atoms with E-state index in [2.05, 4.69) is 36.4 Å². The molecular weight excluding hydrogens is 406 g/mol. The number of aliphatic carboxylic acids is 1. The van der Waals surface area contributed by atoms with E-state index in [1.54, 1.807) is 16.7 Å². The summed E-state index contributed by atoms with van der Waals surface area (Å²) in [6.45, 7) is 0. The number of benzene rings is 3. The molecule has 3 aromatic carbocycles. The SMILES string of the molecule is O=C(O)C1C(SC(c2ccccc2)(c2ccccc2)c2ccccc2)CC2CC(=O)N21. The molecule has 0 radical (unpaired) electrons. The summed E-state index contributed by atoms with van der Waals surface area (Å²) in [5.74, 6) is -0.971. The summed E-state index contributed by atoms with van der Waals surface area (Å²) in [6.07, 6.45) is 1.15. The third-order valence-electron chi connectivity index (χ3n) is 6.37. The molecular formula is C26H23NO3S. The zero-order valence-electron chi connectivity index (χ0n) is 16.9. The van der Waals surface area contributed by atoms with Crippen molar-refractivity contribution in [1.82, 2.24) is 4.90 Å². The first kappa shape index (κ1) is 19.9. The molecule has 3 unspecified atom stereocenters. The molecule has 3 atom stereocenters. The molecule has 5 heteroatoms. The molecule has 0 spiro atoms. The first-order valence-corrected chi connectivity index (χ1v) is 11.4. The Bertz CT molecular complexity index is 991. The summed E-state index contributed by atoms with van der Waals surface area (Å²) < 4.78 is -0.587. The molecule has 156 valence electrons. The van der Waals surface area contributed by atoms with Crippen LogP contribution < -0.4 is 0 Å². The van der Waals surface area contributed by atoms with Gasteiger partial charge in [-0.3, -0.25) is 4.79 Å². The number of nitrogens with zero attached hydrogens (tertiary/aromatic N) is 1. The fourth-order valence-electron chi connectivity index (χ4n) is 4.99. The zero-order chi connectivity index (χ0) is 21.4. The Balaban J connectivity index is 1.69. The molecule has 3 aromatic rings. The molecule has 2 fully saturated rings. The lowest BCUT2D eigenvalue weighted by molar-refractivity contribution is -0.156. The summed E-state index contributed by atoms with van der Waals surface area (Å²) in [7, 11) is 0. The van der Waals surface area contributed by atoms with Crippen LogP contribution in [-0.2, 0) is 14.3 Å². The highest BCUT2D eigenvalue weighted by molar-refractivity contribution is 8.01. The molecule has 0 aliphatic carbocycles. The lowest BCUT2D eigenvalue weighted by atomic mass is 9.84. The minimum absolute atomic E-state index is 0.0334. The molecule has 0 saturated carbocycles. The van der Waals surface area contributed by atoms with Gasteiger partial charge in [-0.2, -0.15) is 0 Å². The van der Waals surface area contributed by atoms with Crippen LogP contribution in [0.1, 0.15) is 29.5 Å². The first-order valence-electron chi connectivity index (χ1n) is 10.5. The van der Waals surface area contributed by atoms with Crippen molar-refractivity contribution in [2.45, 2.75) is 34.9 Å². The predicted octanol–water partition coefficient (Wildman–Crippen LogP) is 4.54. The molecule has 5 rings (SSSR count). The average Bonchev–Trinajstić information content (AvgIpc) is 3.11. The molecule has 31 heavy (non-hydrogen) atoms. The largest absolute Gasteiger partial charge is 0.480 e. The van der Waals surface area contributed by atoms with Gasteiger partial charge in [0.1, 0.15) is 6.04 Å². The summed E-state index contributed by atoms with van der Waals surface area (Å²) in [6, 6.07) is 30.0. The number of carbonyl (C=O) groups is 2. The van der Waals surface area contributed by atoms with Crippen LogP contribution in [0, 0.1) is 0 Å². The maximum atomic E-state index is 12.2. The number of carboxylic acid groups (broad SMARTS) is 1. The van der Waals surface area contributed by atoms with Crippen molar-refractivity contribution >= 4 is 23.6 Å². The third-order valence-corrected chi connectivity index (χ3v) is 8.18. The number of hydrogen-bond acceptors (Lipinski definition) is 3. The quantitative estimate of drug-likeness (QED) is 0.462. The van der Waals surface area contributed by atoms with Crippen molar-refractivity contribution in [1.29, 1.82) is 0 Å². The van der Waals surface area contributed by atoms with Gasteiger partial charge >= 0.3 is 5.97 Å². The van der Waals surface area contributed by atoms with Crippen LogP contribution in [0.3, 0.4) is 0 Å². The van der Waals surface area contributed by atoms with Crippen LogP contribution >= 0.6 is 11.8 Å². The lowest BCUT2D eigenvalue weighted by Crippen LogP contribution is -2.55. The molecule has 2 heterocycles. The number of fused-ring (bicyclic) bond motifs is 1. The van der Waals surface area contributed by atoms with E-state index >= 15 is 0 Å².